The van der Waals surface area contributed by atoms with E-state index >= 15 is 0 Å². The third-order valence-corrected chi connectivity index (χ3v) is 4.30. The van der Waals surface area contributed by atoms with E-state index in [1.54, 1.807) is 0 Å². The highest BCUT2D eigenvalue weighted by Gasteiger charge is 2.05. The maximum atomic E-state index is 5.82. The summed E-state index contributed by atoms with van der Waals surface area (Å²) in [6, 6.07) is 12.5. The highest BCUT2D eigenvalue weighted by atomic mass is 32.1. The highest BCUT2D eigenvalue weighted by molar-refractivity contribution is 7.09. The maximum Gasteiger partial charge on any atom is 0.119 e. The molecule has 0 saturated carbocycles. The monoisotopic (exact) mass is 304 g/mol. The molecule has 0 aliphatic heterocycles. The molecule has 0 aliphatic carbocycles. The van der Waals surface area contributed by atoms with Gasteiger partial charge in [0.05, 0.1) is 0 Å². The largest absolute Gasteiger partial charge is 0.492 e. The smallest absolute Gasteiger partial charge is 0.119 e. The zero-order chi connectivity index (χ0) is 14.9. The minimum absolute atomic E-state index is 0.689. The number of nitrogens with two attached hydrogens (primary N) is 1. The van der Waals surface area contributed by atoms with Crippen LogP contribution in [0.15, 0.2) is 41.8 Å². The fraction of sp³-hybridized carbons (Fsp3) is 0.412. The summed E-state index contributed by atoms with van der Waals surface area (Å²) in [5.41, 5.74) is 6.81. The first kappa shape index (κ1) is 16.0. The Morgan fingerprint density at radius 1 is 1.19 bits per heavy atom. The lowest BCUT2D eigenvalue weighted by molar-refractivity contribution is 0.211. The molecule has 1 heterocycles. The molecular formula is C17H24N2OS. The van der Waals surface area contributed by atoms with Crippen LogP contribution in [0.1, 0.15) is 17.4 Å². The minimum atomic E-state index is 0.689. The first-order chi connectivity index (χ1) is 10.3. The van der Waals surface area contributed by atoms with Gasteiger partial charge >= 0.3 is 0 Å². The van der Waals surface area contributed by atoms with Crippen LogP contribution in [0.25, 0.3) is 0 Å². The van der Waals surface area contributed by atoms with Crippen LogP contribution in [-0.2, 0) is 13.0 Å². The van der Waals surface area contributed by atoms with Gasteiger partial charge in [0.25, 0.3) is 0 Å². The Morgan fingerprint density at radius 3 is 2.62 bits per heavy atom. The van der Waals surface area contributed by atoms with Crippen molar-refractivity contribution in [1.29, 1.82) is 0 Å². The van der Waals surface area contributed by atoms with E-state index in [2.05, 4.69) is 41.5 Å². The summed E-state index contributed by atoms with van der Waals surface area (Å²) in [5.74, 6) is 0.933. The zero-order valence-electron chi connectivity index (χ0n) is 12.6. The van der Waals surface area contributed by atoms with Crippen molar-refractivity contribution < 1.29 is 4.74 Å². The number of hydrogen-bond acceptors (Lipinski definition) is 4. The molecule has 2 N–H and O–H groups in total. The molecule has 0 radical (unpaired) electrons. The van der Waals surface area contributed by atoms with E-state index in [0.29, 0.717) is 6.54 Å². The van der Waals surface area contributed by atoms with Crippen LogP contribution >= 0.6 is 11.3 Å². The average Bonchev–Trinajstić information content (AvgIpc) is 3.01. The standard InChI is InChI=1S/C17H24N2OS/c1-2-19(14-17-4-3-13-21-17)11-12-20-16-7-5-15(6-8-16)9-10-18/h3-8,13H,2,9-12,14,18H2,1H3. The second-order valence-electron chi connectivity index (χ2n) is 4.98. The van der Waals surface area contributed by atoms with Crippen LogP contribution in [0.3, 0.4) is 0 Å². The number of rotatable bonds is 9. The Hall–Kier alpha value is -1.36. The summed E-state index contributed by atoms with van der Waals surface area (Å²) in [7, 11) is 0. The SMILES string of the molecule is CCN(CCOc1ccc(CCN)cc1)Cc1cccs1. The van der Waals surface area contributed by atoms with Gasteiger partial charge in [0.15, 0.2) is 0 Å². The summed E-state index contributed by atoms with van der Waals surface area (Å²) in [4.78, 5) is 3.80. The van der Waals surface area contributed by atoms with E-state index in [-0.39, 0.29) is 0 Å². The van der Waals surface area contributed by atoms with Crippen molar-refractivity contribution >= 4 is 11.3 Å². The molecule has 0 atom stereocenters. The molecule has 1 aromatic heterocycles. The van der Waals surface area contributed by atoms with Gasteiger partial charge in [-0.05, 0) is 48.7 Å². The fourth-order valence-electron chi connectivity index (χ4n) is 2.18. The van der Waals surface area contributed by atoms with E-state index in [0.717, 1.165) is 38.4 Å². The van der Waals surface area contributed by atoms with E-state index < -0.39 is 0 Å². The van der Waals surface area contributed by atoms with Gasteiger partial charge in [-0.15, -0.1) is 11.3 Å². The lowest BCUT2D eigenvalue weighted by Crippen LogP contribution is -2.27. The second-order valence-corrected chi connectivity index (χ2v) is 6.01. The van der Waals surface area contributed by atoms with Crippen molar-refractivity contribution in [3.8, 4) is 5.75 Å². The number of thiophene rings is 1. The predicted molar refractivity (Wildman–Crippen MR) is 90.0 cm³/mol. The summed E-state index contributed by atoms with van der Waals surface area (Å²) in [5, 5.41) is 2.13. The Bertz CT molecular complexity index is 496. The molecule has 0 aliphatic rings. The number of ether oxygens (including phenoxy) is 1. The Morgan fingerprint density at radius 2 is 2.00 bits per heavy atom. The van der Waals surface area contributed by atoms with Crippen LogP contribution < -0.4 is 10.5 Å². The van der Waals surface area contributed by atoms with Crippen molar-refractivity contribution in [3.63, 3.8) is 0 Å². The third-order valence-electron chi connectivity index (χ3n) is 3.44. The summed E-state index contributed by atoms with van der Waals surface area (Å²) in [6.07, 6.45) is 0.921. The molecule has 2 aromatic rings. The number of benzene rings is 1. The van der Waals surface area contributed by atoms with Crippen LogP contribution in [0.2, 0.25) is 0 Å². The van der Waals surface area contributed by atoms with Crippen molar-refractivity contribution in [2.45, 2.75) is 19.9 Å². The molecular weight excluding hydrogens is 280 g/mol. The first-order valence-electron chi connectivity index (χ1n) is 7.48. The van der Waals surface area contributed by atoms with Gasteiger partial charge in [-0.2, -0.15) is 0 Å². The van der Waals surface area contributed by atoms with E-state index in [1.165, 1.54) is 10.4 Å². The van der Waals surface area contributed by atoms with Crippen molar-refractivity contribution in [2.75, 3.05) is 26.2 Å². The van der Waals surface area contributed by atoms with Gasteiger partial charge in [0.1, 0.15) is 12.4 Å². The molecule has 114 valence electrons. The Balaban J connectivity index is 1.74. The Labute approximate surface area is 131 Å². The molecule has 1 aromatic carbocycles. The fourth-order valence-corrected chi connectivity index (χ4v) is 2.93. The average molecular weight is 304 g/mol. The van der Waals surface area contributed by atoms with Crippen LogP contribution in [0, 0.1) is 0 Å². The minimum Gasteiger partial charge on any atom is -0.492 e. The number of hydrogen-bond donors (Lipinski definition) is 1. The van der Waals surface area contributed by atoms with E-state index in [9.17, 15) is 0 Å². The molecule has 0 fully saturated rings. The van der Waals surface area contributed by atoms with Gasteiger partial charge in [-0.1, -0.05) is 25.1 Å². The highest BCUT2D eigenvalue weighted by Crippen LogP contribution is 2.14. The van der Waals surface area contributed by atoms with Crippen LogP contribution in [-0.4, -0.2) is 31.1 Å². The zero-order valence-corrected chi connectivity index (χ0v) is 13.4. The lowest BCUT2D eigenvalue weighted by atomic mass is 10.1. The van der Waals surface area contributed by atoms with Gasteiger partial charge in [0.2, 0.25) is 0 Å². The Kier molecular flexibility index (Phi) is 6.73. The normalized spacial score (nSPS) is 11.0. The van der Waals surface area contributed by atoms with Crippen molar-refractivity contribution in [1.82, 2.24) is 4.90 Å². The summed E-state index contributed by atoms with van der Waals surface area (Å²) >= 11 is 1.81. The van der Waals surface area contributed by atoms with Crippen LogP contribution in [0.4, 0.5) is 0 Å². The van der Waals surface area contributed by atoms with Crippen molar-refractivity contribution in [2.24, 2.45) is 5.73 Å². The molecule has 0 spiro atoms. The van der Waals surface area contributed by atoms with Gasteiger partial charge in [-0.3, -0.25) is 4.90 Å². The molecule has 0 amide bonds. The topological polar surface area (TPSA) is 38.5 Å². The molecule has 0 saturated heterocycles. The summed E-state index contributed by atoms with van der Waals surface area (Å²) in [6.45, 7) is 6.58. The molecule has 2 rings (SSSR count). The lowest BCUT2D eigenvalue weighted by Gasteiger charge is -2.19. The van der Waals surface area contributed by atoms with Gasteiger partial charge in [0, 0.05) is 18.0 Å². The number of nitrogens with zero attached hydrogens (tertiary/aromatic N) is 1. The summed E-state index contributed by atoms with van der Waals surface area (Å²) < 4.78 is 5.82. The van der Waals surface area contributed by atoms with Crippen LogP contribution in [0.5, 0.6) is 5.75 Å². The van der Waals surface area contributed by atoms with Crippen molar-refractivity contribution in [3.05, 3.63) is 52.2 Å². The predicted octanol–water partition coefficient (Wildman–Crippen LogP) is 3.15. The second kappa shape index (κ2) is 8.82. The maximum absolute atomic E-state index is 5.82. The molecule has 21 heavy (non-hydrogen) atoms. The van der Waals surface area contributed by atoms with E-state index in [4.69, 9.17) is 10.5 Å². The first-order valence-corrected chi connectivity index (χ1v) is 8.36. The molecule has 4 heteroatoms. The third kappa shape index (κ3) is 5.50. The molecule has 3 nitrogen and oxygen atoms in total. The molecule has 0 bridgehead atoms. The molecule has 0 unspecified atom stereocenters. The van der Waals surface area contributed by atoms with Gasteiger partial charge < -0.3 is 10.5 Å². The number of likely N-dealkylation sites (N-methyl/N-ethyl adjacent to an activating group) is 1. The van der Waals surface area contributed by atoms with E-state index in [1.807, 2.05) is 23.5 Å². The quantitative estimate of drug-likeness (QED) is 0.773. The van der Waals surface area contributed by atoms with Gasteiger partial charge in [-0.25, -0.2) is 0 Å².